The zero-order valence-electron chi connectivity index (χ0n) is 5.81. The first-order chi connectivity index (χ1) is 5.13. The highest BCUT2D eigenvalue weighted by Crippen LogP contribution is 1.81. The molecule has 0 aliphatic carbocycles. The number of hydrogen-bond donors (Lipinski definition) is 0. The number of rotatable bonds is 5. The molecule has 0 rings (SSSR count). The van der Waals surface area contributed by atoms with Crippen LogP contribution in [0.1, 0.15) is 6.92 Å². The Balaban J connectivity index is 3.03. The van der Waals surface area contributed by atoms with Crippen LogP contribution >= 0.6 is 0 Å². The van der Waals surface area contributed by atoms with E-state index in [0.29, 0.717) is 0 Å². The molecule has 0 aromatic rings. The van der Waals surface area contributed by atoms with Gasteiger partial charge in [0, 0.05) is 6.92 Å². The minimum atomic E-state index is -1.10. The van der Waals surface area contributed by atoms with Crippen LogP contribution in [-0.4, -0.2) is 24.3 Å². The van der Waals surface area contributed by atoms with Crippen LogP contribution in [0.15, 0.2) is 0 Å². The third-order valence-corrected chi connectivity index (χ3v) is 0.586. The molecule has 7 heteroatoms. The smallest absolute Gasteiger partial charge is 0.322 e. The molecule has 0 saturated heterocycles. The molecule has 0 fully saturated rings. The Morgan fingerprint density at radius 3 is 2.64 bits per heavy atom. The number of hydrogen-bond acceptors (Lipinski definition) is 6. The van der Waals surface area contributed by atoms with Gasteiger partial charge in [0.05, 0.1) is 0 Å². The lowest BCUT2D eigenvalue weighted by molar-refractivity contribution is -0.850. The van der Waals surface area contributed by atoms with Crippen molar-refractivity contribution < 1.29 is 24.5 Å². The van der Waals surface area contributed by atoms with Crippen molar-refractivity contribution in [2.75, 3.05) is 13.2 Å². The molecule has 0 aromatic heterocycles. The Morgan fingerprint density at radius 2 is 2.18 bits per heavy atom. The van der Waals surface area contributed by atoms with E-state index in [4.69, 9.17) is 0 Å². The van der Waals surface area contributed by atoms with Gasteiger partial charge in [-0.05, 0) is 0 Å². The maximum Gasteiger partial charge on any atom is 0.322 e. The topological polar surface area (TPSA) is 87.9 Å². The van der Waals surface area contributed by atoms with Gasteiger partial charge < -0.3 is 4.74 Å². The van der Waals surface area contributed by atoms with E-state index >= 15 is 0 Å². The molecule has 0 atom stereocenters. The van der Waals surface area contributed by atoms with Gasteiger partial charge in [-0.2, -0.15) is 4.89 Å². The molecular weight excluding hydrogens is 158 g/mol. The Morgan fingerprint density at radius 1 is 1.55 bits per heavy atom. The van der Waals surface area contributed by atoms with Gasteiger partial charge in [-0.15, -0.1) is 15.1 Å². The first-order valence-electron chi connectivity index (χ1n) is 2.70. The molecule has 0 radical (unpaired) electrons. The lowest BCUT2D eigenvalue weighted by Gasteiger charge is -1.99. The molecule has 11 heavy (non-hydrogen) atoms. The fourth-order valence-electron chi connectivity index (χ4n) is 0.300. The Labute approximate surface area is 61.9 Å². The van der Waals surface area contributed by atoms with Crippen LogP contribution in [0.4, 0.5) is 0 Å². The van der Waals surface area contributed by atoms with Crippen molar-refractivity contribution in [3.05, 3.63) is 10.1 Å². The monoisotopic (exact) mass is 165 g/mol. The second-order valence-electron chi connectivity index (χ2n) is 1.46. The summed E-state index contributed by atoms with van der Waals surface area (Å²) in [7, 11) is 0. The van der Waals surface area contributed by atoms with E-state index in [1.54, 1.807) is 0 Å². The second-order valence-corrected chi connectivity index (χ2v) is 1.46. The molecule has 0 saturated carbocycles. The van der Waals surface area contributed by atoms with E-state index in [0.717, 1.165) is 0 Å². The highest BCUT2D eigenvalue weighted by atomic mass is 17.3. The number of esters is 1. The molecule has 0 amide bonds. The molecule has 0 aliphatic heterocycles. The van der Waals surface area contributed by atoms with E-state index in [2.05, 4.69) is 14.6 Å². The lowest BCUT2D eigenvalue weighted by Crippen LogP contribution is -2.10. The van der Waals surface area contributed by atoms with E-state index in [1.807, 2.05) is 0 Å². The van der Waals surface area contributed by atoms with Gasteiger partial charge in [0.15, 0.2) is 0 Å². The van der Waals surface area contributed by atoms with Crippen molar-refractivity contribution in [2.24, 2.45) is 0 Å². The summed E-state index contributed by atoms with van der Waals surface area (Å²) in [6.45, 7) is 0.984. The zero-order chi connectivity index (χ0) is 8.69. The minimum Gasteiger partial charge on any atom is -0.463 e. The molecule has 0 spiro atoms. The summed E-state index contributed by atoms with van der Waals surface area (Å²) in [6, 6.07) is 0. The van der Waals surface area contributed by atoms with Gasteiger partial charge in [-0.1, -0.05) is 0 Å². The SMILES string of the molecule is CC(=O)OCCOO[N+](=O)[O-]. The van der Waals surface area contributed by atoms with Crippen molar-refractivity contribution in [1.82, 2.24) is 0 Å². The predicted molar refractivity (Wildman–Crippen MR) is 30.7 cm³/mol. The van der Waals surface area contributed by atoms with Crippen LogP contribution < -0.4 is 0 Å². The zero-order valence-corrected chi connectivity index (χ0v) is 5.81. The summed E-state index contributed by atoms with van der Waals surface area (Å²) in [5.74, 6) is -0.477. The lowest BCUT2D eigenvalue weighted by atomic mass is 10.7. The third kappa shape index (κ3) is 8.63. The molecule has 0 heterocycles. The summed E-state index contributed by atoms with van der Waals surface area (Å²) >= 11 is 0. The van der Waals surface area contributed by atoms with Crippen LogP contribution in [-0.2, 0) is 19.4 Å². The third-order valence-electron chi connectivity index (χ3n) is 0.586. The fraction of sp³-hybridized carbons (Fsp3) is 0.750. The maximum absolute atomic E-state index is 10.1. The van der Waals surface area contributed by atoms with Gasteiger partial charge in [0.1, 0.15) is 13.2 Å². The highest BCUT2D eigenvalue weighted by molar-refractivity contribution is 5.65. The summed E-state index contributed by atoms with van der Waals surface area (Å²) in [5, 5.41) is 8.34. The maximum atomic E-state index is 10.1. The van der Waals surface area contributed by atoms with Gasteiger partial charge >= 0.3 is 11.1 Å². The average molecular weight is 165 g/mol. The first kappa shape index (κ1) is 9.63. The van der Waals surface area contributed by atoms with Gasteiger partial charge in [0.2, 0.25) is 0 Å². The Hall–Kier alpha value is -1.37. The molecule has 0 aromatic carbocycles. The minimum absolute atomic E-state index is 0.0663. The van der Waals surface area contributed by atoms with Crippen molar-refractivity contribution >= 4 is 5.97 Å². The Kier molecular flexibility index (Phi) is 4.74. The van der Waals surface area contributed by atoms with Gasteiger partial charge in [-0.25, -0.2) is 0 Å². The van der Waals surface area contributed by atoms with Crippen molar-refractivity contribution in [2.45, 2.75) is 6.92 Å². The molecule has 64 valence electrons. The molecule has 0 unspecified atom stereocenters. The number of carbonyl (C=O) groups excluding carboxylic acids is 1. The summed E-state index contributed by atoms with van der Waals surface area (Å²) in [5.41, 5.74) is 0. The normalized spacial score (nSPS) is 8.82. The van der Waals surface area contributed by atoms with Gasteiger partial charge in [-0.3, -0.25) is 4.79 Å². The Bertz CT molecular complexity index is 130. The van der Waals surface area contributed by atoms with Crippen LogP contribution in [0.3, 0.4) is 0 Å². The van der Waals surface area contributed by atoms with Crippen molar-refractivity contribution in [3.8, 4) is 0 Å². The summed E-state index contributed by atoms with van der Waals surface area (Å²) < 4.78 is 4.36. The van der Waals surface area contributed by atoms with E-state index in [-0.39, 0.29) is 13.2 Å². The van der Waals surface area contributed by atoms with E-state index in [1.165, 1.54) is 6.92 Å². The van der Waals surface area contributed by atoms with Crippen LogP contribution in [0, 0.1) is 10.1 Å². The number of ether oxygens (including phenoxy) is 1. The summed E-state index contributed by atoms with van der Waals surface area (Å²) in [4.78, 5) is 27.0. The van der Waals surface area contributed by atoms with Crippen LogP contribution in [0.25, 0.3) is 0 Å². The highest BCUT2D eigenvalue weighted by Gasteiger charge is 1.96. The predicted octanol–water partition coefficient (Wildman–Crippen LogP) is -0.311. The van der Waals surface area contributed by atoms with Gasteiger partial charge in [0.25, 0.3) is 0 Å². The molecule has 0 N–H and O–H groups in total. The number of nitrogens with zero attached hydrogens (tertiary/aromatic N) is 1. The van der Waals surface area contributed by atoms with Crippen molar-refractivity contribution in [3.63, 3.8) is 0 Å². The van der Waals surface area contributed by atoms with Crippen LogP contribution in [0.5, 0.6) is 0 Å². The molecular formula is C4H7NO6. The first-order valence-corrected chi connectivity index (χ1v) is 2.70. The fourth-order valence-corrected chi connectivity index (χ4v) is 0.300. The number of carbonyl (C=O) groups is 1. The molecule has 0 bridgehead atoms. The quantitative estimate of drug-likeness (QED) is 0.182. The standard InChI is InChI=1S/C4H7NO6/c1-4(6)9-2-3-10-11-5(7)8/h2-3H2,1H3. The van der Waals surface area contributed by atoms with Crippen LogP contribution in [0.2, 0.25) is 0 Å². The van der Waals surface area contributed by atoms with E-state index in [9.17, 15) is 14.9 Å². The molecule has 7 nitrogen and oxygen atoms in total. The largest absolute Gasteiger partial charge is 0.463 e. The molecule has 0 aliphatic rings. The van der Waals surface area contributed by atoms with E-state index < -0.39 is 11.1 Å². The second kappa shape index (κ2) is 5.42. The summed E-state index contributed by atoms with van der Waals surface area (Å²) in [6.07, 6.45) is 0. The van der Waals surface area contributed by atoms with Crippen molar-refractivity contribution in [1.29, 1.82) is 0 Å². The average Bonchev–Trinajstić information content (AvgIpc) is 1.85.